The van der Waals surface area contributed by atoms with E-state index in [2.05, 4.69) is 26.0 Å². The number of sulfonamides is 1. The fourth-order valence-corrected chi connectivity index (χ4v) is 3.85. The van der Waals surface area contributed by atoms with Gasteiger partial charge in [-0.15, -0.1) is 0 Å². The molecule has 0 aromatic heterocycles. The van der Waals surface area contributed by atoms with Gasteiger partial charge in [0.15, 0.2) is 0 Å². The maximum atomic E-state index is 12.2. The third-order valence-electron chi connectivity index (χ3n) is 2.87. The summed E-state index contributed by atoms with van der Waals surface area (Å²) >= 11 is 3.23. The van der Waals surface area contributed by atoms with Crippen LogP contribution in [0.15, 0.2) is 57.9 Å². The predicted molar refractivity (Wildman–Crippen MR) is 88.9 cm³/mol. The molecule has 0 radical (unpaired) electrons. The minimum Gasteiger partial charge on any atom is -0.326 e. The van der Waals surface area contributed by atoms with E-state index in [9.17, 15) is 13.2 Å². The van der Waals surface area contributed by atoms with E-state index in [1.807, 2.05) is 0 Å². The maximum Gasteiger partial charge on any atom is 0.241 e. The zero-order valence-corrected chi connectivity index (χ0v) is 14.2. The molecule has 1 amide bonds. The van der Waals surface area contributed by atoms with Crippen LogP contribution in [0.4, 0.5) is 5.69 Å². The molecule has 0 aliphatic rings. The number of carbonyl (C=O) groups is 1. The van der Waals surface area contributed by atoms with Gasteiger partial charge in [0.05, 0.1) is 4.90 Å². The number of benzene rings is 2. The van der Waals surface area contributed by atoms with Crippen molar-refractivity contribution in [1.82, 2.24) is 4.72 Å². The SMILES string of the molecule is CC(=O)Nc1ccc(CNS(=O)(=O)c2ccccc2Br)cc1. The Labute approximate surface area is 137 Å². The van der Waals surface area contributed by atoms with Crippen LogP contribution in [0.5, 0.6) is 0 Å². The van der Waals surface area contributed by atoms with Gasteiger partial charge in [0, 0.05) is 23.6 Å². The largest absolute Gasteiger partial charge is 0.326 e. The standard InChI is InChI=1S/C15H15BrN2O3S/c1-11(19)18-13-8-6-12(7-9-13)10-17-22(20,21)15-5-3-2-4-14(15)16/h2-9,17H,10H2,1H3,(H,18,19). The first-order chi connectivity index (χ1) is 10.4. The number of rotatable bonds is 5. The molecule has 0 aliphatic carbocycles. The lowest BCUT2D eigenvalue weighted by atomic mass is 10.2. The highest BCUT2D eigenvalue weighted by molar-refractivity contribution is 9.10. The number of carbonyl (C=O) groups excluding carboxylic acids is 1. The molecule has 2 N–H and O–H groups in total. The van der Waals surface area contributed by atoms with E-state index >= 15 is 0 Å². The van der Waals surface area contributed by atoms with Crippen LogP contribution in [-0.4, -0.2) is 14.3 Å². The average Bonchev–Trinajstić information content (AvgIpc) is 2.46. The van der Waals surface area contributed by atoms with Crippen molar-refractivity contribution < 1.29 is 13.2 Å². The van der Waals surface area contributed by atoms with Gasteiger partial charge in [-0.1, -0.05) is 24.3 Å². The van der Waals surface area contributed by atoms with Gasteiger partial charge in [-0.25, -0.2) is 13.1 Å². The Morgan fingerprint density at radius 3 is 2.32 bits per heavy atom. The van der Waals surface area contributed by atoms with E-state index in [-0.39, 0.29) is 17.3 Å². The molecule has 0 atom stereocenters. The van der Waals surface area contributed by atoms with Gasteiger partial charge in [-0.2, -0.15) is 0 Å². The molecule has 2 aromatic carbocycles. The Bertz CT molecular complexity index is 774. The number of hydrogen-bond acceptors (Lipinski definition) is 3. The highest BCUT2D eigenvalue weighted by Gasteiger charge is 2.16. The van der Waals surface area contributed by atoms with E-state index in [1.165, 1.54) is 13.0 Å². The van der Waals surface area contributed by atoms with E-state index in [4.69, 9.17) is 0 Å². The van der Waals surface area contributed by atoms with Crippen LogP contribution in [0.1, 0.15) is 12.5 Å². The molecular formula is C15H15BrN2O3S. The molecule has 0 fully saturated rings. The summed E-state index contributed by atoms with van der Waals surface area (Å²) < 4.78 is 27.5. The molecule has 0 saturated carbocycles. The lowest BCUT2D eigenvalue weighted by Crippen LogP contribution is -2.23. The van der Waals surface area contributed by atoms with Gasteiger partial charge >= 0.3 is 0 Å². The number of anilines is 1. The van der Waals surface area contributed by atoms with Crippen molar-refractivity contribution in [3.8, 4) is 0 Å². The second-order valence-electron chi connectivity index (χ2n) is 4.63. The smallest absolute Gasteiger partial charge is 0.241 e. The van der Waals surface area contributed by atoms with E-state index in [0.29, 0.717) is 10.2 Å². The zero-order chi connectivity index (χ0) is 16.2. The van der Waals surface area contributed by atoms with Gasteiger partial charge in [0.25, 0.3) is 0 Å². The second kappa shape index (κ2) is 7.04. The van der Waals surface area contributed by atoms with E-state index in [1.54, 1.807) is 42.5 Å². The Balaban J connectivity index is 2.06. The van der Waals surface area contributed by atoms with Crippen LogP contribution in [0.25, 0.3) is 0 Å². The molecule has 0 aliphatic heterocycles. The number of nitrogens with one attached hydrogen (secondary N) is 2. The van der Waals surface area contributed by atoms with Crippen LogP contribution in [0.2, 0.25) is 0 Å². The Hall–Kier alpha value is -1.70. The van der Waals surface area contributed by atoms with Crippen molar-refractivity contribution in [2.24, 2.45) is 0 Å². The second-order valence-corrected chi connectivity index (χ2v) is 7.22. The van der Waals surface area contributed by atoms with Crippen LogP contribution < -0.4 is 10.0 Å². The summed E-state index contributed by atoms with van der Waals surface area (Å²) in [6.07, 6.45) is 0. The van der Waals surface area contributed by atoms with Gasteiger partial charge < -0.3 is 5.32 Å². The quantitative estimate of drug-likeness (QED) is 0.834. The van der Waals surface area contributed by atoms with Gasteiger partial charge in [0.2, 0.25) is 15.9 Å². The molecule has 7 heteroatoms. The summed E-state index contributed by atoms with van der Waals surface area (Å²) in [6.45, 7) is 1.60. The third-order valence-corrected chi connectivity index (χ3v) is 5.28. The predicted octanol–water partition coefficient (Wildman–Crippen LogP) is 2.89. The van der Waals surface area contributed by atoms with Crippen molar-refractivity contribution in [2.75, 3.05) is 5.32 Å². The topological polar surface area (TPSA) is 75.3 Å². The summed E-state index contributed by atoms with van der Waals surface area (Å²) in [6, 6.07) is 13.6. The fourth-order valence-electron chi connectivity index (χ4n) is 1.83. The van der Waals surface area contributed by atoms with Crippen LogP contribution >= 0.6 is 15.9 Å². The van der Waals surface area contributed by atoms with Gasteiger partial charge in [0.1, 0.15) is 0 Å². The van der Waals surface area contributed by atoms with Crippen molar-refractivity contribution in [1.29, 1.82) is 0 Å². The fraction of sp³-hybridized carbons (Fsp3) is 0.133. The summed E-state index contributed by atoms with van der Waals surface area (Å²) in [5.41, 5.74) is 1.47. The van der Waals surface area contributed by atoms with Crippen LogP contribution in [0.3, 0.4) is 0 Å². The highest BCUT2D eigenvalue weighted by atomic mass is 79.9. The number of hydrogen-bond donors (Lipinski definition) is 2. The first kappa shape index (κ1) is 16.7. The Morgan fingerprint density at radius 1 is 1.09 bits per heavy atom. The van der Waals surface area contributed by atoms with Crippen LogP contribution in [-0.2, 0) is 21.4 Å². The molecule has 0 heterocycles. The Kier molecular flexibility index (Phi) is 5.33. The average molecular weight is 383 g/mol. The molecule has 5 nitrogen and oxygen atoms in total. The monoisotopic (exact) mass is 382 g/mol. The van der Waals surface area contributed by atoms with Crippen molar-refractivity contribution in [3.05, 3.63) is 58.6 Å². The zero-order valence-electron chi connectivity index (χ0n) is 11.8. The normalized spacial score (nSPS) is 11.2. The lowest BCUT2D eigenvalue weighted by Gasteiger charge is -2.09. The van der Waals surface area contributed by atoms with Gasteiger partial charge in [-0.3, -0.25) is 4.79 Å². The van der Waals surface area contributed by atoms with Crippen molar-refractivity contribution >= 4 is 37.5 Å². The maximum absolute atomic E-state index is 12.2. The van der Waals surface area contributed by atoms with Crippen molar-refractivity contribution in [2.45, 2.75) is 18.4 Å². The molecule has 0 saturated heterocycles. The molecule has 0 bridgehead atoms. The third kappa shape index (κ3) is 4.40. The Morgan fingerprint density at radius 2 is 1.73 bits per heavy atom. The minimum absolute atomic E-state index is 0.151. The molecule has 22 heavy (non-hydrogen) atoms. The number of amides is 1. The number of halogens is 1. The molecule has 2 rings (SSSR count). The summed E-state index contributed by atoms with van der Waals surface area (Å²) in [5, 5.41) is 2.65. The summed E-state index contributed by atoms with van der Waals surface area (Å²) in [7, 11) is -3.58. The molecular weight excluding hydrogens is 368 g/mol. The van der Waals surface area contributed by atoms with Crippen molar-refractivity contribution in [3.63, 3.8) is 0 Å². The molecule has 2 aromatic rings. The van der Waals surface area contributed by atoms with E-state index in [0.717, 1.165) is 5.56 Å². The first-order valence-electron chi connectivity index (χ1n) is 6.49. The highest BCUT2D eigenvalue weighted by Crippen LogP contribution is 2.21. The molecule has 0 spiro atoms. The van der Waals surface area contributed by atoms with E-state index < -0.39 is 10.0 Å². The minimum atomic E-state index is -3.58. The summed E-state index contributed by atoms with van der Waals surface area (Å²) in [4.78, 5) is 11.1. The first-order valence-corrected chi connectivity index (χ1v) is 8.77. The summed E-state index contributed by atoms with van der Waals surface area (Å²) in [5.74, 6) is -0.151. The van der Waals surface area contributed by atoms with Gasteiger partial charge in [-0.05, 0) is 45.8 Å². The molecule has 116 valence electrons. The molecule has 0 unspecified atom stereocenters. The lowest BCUT2D eigenvalue weighted by molar-refractivity contribution is -0.114. The van der Waals surface area contributed by atoms with Crippen LogP contribution in [0, 0.1) is 0 Å².